The Labute approximate surface area is 195 Å². The van der Waals surface area contributed by atoms with Gasteiger partial charge in [0.25, 0.3) is 5.56 Å². The SMILES string of the molecule is COc1ccc(-n2nnnc2SCc2nc3scc(-c4ccccc4Cl)c3c(=O)[nH]2)cc1. The molecule has 0 fully saturated rings. The average Bonchev–Trinajstić information content (AvgIpc) is 3.45. The van der Waals surface area contributed by atoms with Crippen molar-refractivity contribution in [3.05, 3.63) is 75.1 Å². The Morgan fingerprint density at radius 3 is 2.75 bits per heavy atom. The summed E-state index contributed by atoms with van der Waals surface area (Å²) in [4.78, 5) is 21.1. The molecule has 3 heterocycles. The maximum absolute atomic E-state index is 12.9. The highest BCUT2D eigenvalue weighted by Gasteiger charge is 2.16. The number of halogens is 1. The van der Waals surface area contributed by atoms with Gasteiger partial charge in [0.2, 0.25) is 5.16 Å². The molecule has 0 saturated carbocycles. The second-order valence-electron chi connectivity index (χ2n) is 6.68. The molecular weight excluding hydrogens is 468 g/mol. The number of benzene rings is 2. The van der Waals surface area contributed by atoms with E-state index in [1.165, 1.54) is 23.1 Å². The van der Waals surface area contributed by atoms with E-state index in [4.69, 9.17) is 16.3 Å². The molecule has 11 heteroatoms. The number of methoxy groups -OCH3 is 1. The molecule has 5 rings (SSSR count). The molecule has 0 radical (unpaired) electrons. The lowest BCUT2D eigenvalue weighted by Crippen LogP contribution is -2.11. The smallest absolute Gasteiger partial charge is 0.260 e. The van der Waals surface area contributed by atoms with E-state index < -0.39 is 0 Å². The van der Waals surface area contributed by atoms with Gasteiger partial charge in [-0.3, -0.25) is 4.79 Å². The number of hydrogen-bond acceptors (Lipinski definition) is 8. The first kappa shape index (κ1) is 20.7. The molecule has 3 aromatic heterocycles. The van der Waals surface area contributed by atoms with Crippen LogP contribution in [0, 0.1) is 0 Å². The van der Waals surface area contributed by atoms with Crippen molar-refractivity contribution in [2.24, 2.45) is 0 Å². The number of thioether (sulfide) groups is 1. The third-order valence-corrected chi connectivity index (χ3v) is 6.89. The van der Waals surface area contributed by atoms with E-state index in [0.29, 0.717) is 32.0 Å². The summed E-state index contributed by atoms with van der Waals surface area (Å²) in [6.07, 6.45) is 0. The fourth-order valence-electron chi connectivity index (χ4n) is 3.23. The molecule has 0 amide bonds. The fraction of sp³-hybridized carbons (Fsp3) is 0.0952. The lowest BCUT2D eigenvalue weighted by atomic mass is 10.1. The van der Waals surface area contributed by atoms with Crippen LogP contribution in [0.4, 0.5) is 0 Å². The van der Waals surface area contributed by atoms with Crippen molar-refractivity contribution in [1.29, 1.82) is 0 Å². The monoisotopic (exact) mass is 482 g/mol. The minimum atomic E-state index is -0.198. The number of hydrogen-bond donors (Lipinski definition) is 1. The van der Waals surface area contributed by atoms with Gasteiger partial charge in [-0.25, -0.2) is 4.98 Å². The topological polar surface area (TPSA) is 98.6 Å². The number of tetrazole rings is 1. The third kappa shape index (κ3) is 3.88. The van der Waals surface area contributed by atoms with Crippen LogP contribution in [0.2, 0.25) is 5.02 Å². The number of aromatic amines is 1. The molecule has 0 saturated heterocycles. The van der Waals surface area contributed by atoms with E-state index in [2.05, 4.69) is 25.5 Å². The molecule has 5 aromatic rings. The summed E-state index contributed by atoms with van der Waals surface area (Å²) in [5.74, 6) is 1.70. The first-order chi connectivity index (χ1) is 15.6. The predicted octanol–water partition coefficient (Wildman–Crippen LogP) is 4.58. The number of thiophene rings is 1. The summed E-state index contributed by atoms with van der Waals surface area (Å²) in [5, 5.41) is 15.6. The van der Waals surface area contributed by atoms with Crippen LogP contribution >= 0.6 is 34.7 Å². The lowest BCUT2D eigenvalue weighted by Gasteiger charge is -2.06. The van der Waals surface area contributed by atoms with Gasteiger partial charge in [0, 0.05) is 21.5 Å². The van der Waals surface area contributed by atoms with Gasteiger partial charge < -0.3 is 9.72 Å². The molecule has 2 aromatic carbocycles. The van der Waals surface area contributed by atoms with E-state index in [9.17, 15) is 4.79 Å². The van der Waals surface area contributed by atoms with Crippen LogP contribution in [0.5, 0.6) is 5.75 Å². The summed E-state index contributed by atoms with van der Waals surface area (Å²) in [6.45, 7) is 0. The molecule has 0 unspecified atom stereocenters. The van der Waals surface area contributed by atoms with Crippen LogP contribution in [0.25, 0.3) is 27.0 Å². The lowest BCUT2D eigenvalue weighted by molar-refractivity contribution is 0.414. The van der Waals surface area contributed by atoms with Crippen LogP contribution in [0.1, 0.15) is 5.82 Å². The van der Waals surface area contributed by atoms with Crippen molar-refractivity contribution in [2.75, 3.05) is 7.11 Å². The zero-order chi connectivity index (χ0) is 22.1. The number of nitrogens with zero attached hydrogens (tertiary/aromatic N) is 5. The maximum Gasteiger partial charge on any atom is 0.260 e. The summed E-state index contributed by atoms with van der Waals surface area (Å²) in [5.41, 5.74) is 2.20. The Balaban J connectivity index is 1.41. The van der Waals surface area contributed by atoms with Gasteiger partial charge in [-0.1, -0.05) is 41.6 Å². The van der Waals surface area contributed by atoms with Gasteiger partial charge in [0.05, 0.1) is 23.9 Å². The number of nitrogens with one attached hydrogen (secondary N) is 1. The first-order valence-electron chi connectivity index (χ1n) is 9.45. The largest absolute Gasteiger partial charge is 0.497 e. The normalized spacial score (nSPS) is 11.2. The summed E-state index contributed by atoms with van der Waals surface area (Å²) in [6, 6.07) is 14.9. The Bertz CT molecular complexity index is 1460. The third-order valence-electron chi connectivity index (χ3n) is 4.75. The maximum atomic E-state index is 12.9. The molecule has 8 nitrogen and oxygen atoms in total. The molecule has 0 bridgehead atoms. The van der Waals surface area contributed by atoms with E-state index in [1.807, 2.05) is 47.8 Å². The zero-order valence-electron chi connectivity index (χ0n) is 16.7. The molecule has 32 heavy (non-hydrogen) atoms. The van der Waals surface area contributed by atoms with Gasteiger partial charge in [0.15, 0.2) is 0 Å². The van der Waals surface area contributed by atoms with Gasteiger partial charge in [-0.05, 0) is 40.8 Å². The number of fused-ring (bicyclic) bond motifs is 1. The second-order valence-corrected chi connectivity index (χ2v) is 8.89. The summed E-state index contributed by atoms with van der Waals surface area (Å²) >= 11 is 9.13. The minimum absolute atomic E-state index is 0.198. The number of ether oxygens (including phenoxy) is 1. The number of rotatable bonds is 6. The molecular formula is C21H15ClN6O2S2. The molecule has 160 valence electrons. The molecule has 1 N–H and O–H groups in total. The van der Waals surface area contributed by atoms with Crippen LogP contribution in [0.3, 0.4) is 0 Å². The standard InChI is InChI=1S/C21H15ClN6O2S2/c1-30-13-8-6-12(7-9-13)28-21(25-26-27-28)32-11-17-23-19(29)18-15(10-31-20(18)24-17)14-4-2-3-5-16(14)22/h2-10H,11H2,1H3,(H,23,24,29). The van der Waals surface area contributed by atoms with E-state index in [0.717, 1.165) is 22.6 Å². The molecule has 0 atom stereocenters. The highest BCUT2D eigenvalue weighted by atomic mass is 35.5. The van der Waals surface area contributed by atoms with Crippen LogP contribution in [0.15, 0.2) is 63.9 Å². The van der Waals surface area contributed by atoms with Crippen LogP contribution < -0.4 is 10.3 Å². The van der Waals surface area contributed by atoms with Crippen molar-refractivity contribution < 1.29 is 4.74 Å². The Morgan fingerprint density at radius 1 is 1.16 bits per heavy atom. The van der Waals surface area contributed by atoms with Crippen molar-refractivity contribution in [3.8, 4) is 22.6 Å². The van der Waals surface area contributed by atoms with E-state index >= 15 is 0 Å². The summed E-state index contributed by atoms with van der Waals surface area (Å²) in [7, 11) is 1.61. The van der Waals surface area contributed by atoms with Crippen molar-refractivity contribution in [2.45, 2.75) is 10.9 Å². The van der Waals surface area contributed by atoms with Crippen molar-refractivity contribution >= 4 is 44.9 Å². The van der Waals surface area contributed by atoms with E-state index in [1.54, 1.807) is 17.9 Å². The van der Waals surface area contributed by atoms with Gasteiger partial charge >= 0.3 is 0 Å². The highest BCUT2D eigenvalue weighted by Crippen LogP contribution is 2.35. The zero-order valence-corrected chi connectivity index (χ0v) is 19.0. The van der Waals surface area contributed by atoms with E-state index in [-0.39, 0.29) is 5.56 Å². The minimum Gasteiger partial charge on any atom is -0.497 e. The second kappa shape index (κ2) is 8.73. The van der Waals surface area contributed by atoms with Gasteiger partial charge in [0.1, 0.15) is 16.4 Å². The predicted molar refractivity (Wildman–Crippen MR) is 126 cm³/mol. The van der Waals surface area contributed by atoms with Crippen molar-refractivity contribution in [3.63, 3.8) is 0 Å². The van der Waals surface area contributed by atoms with Crippen LogP contribution in [-0.2, 0) is 5.75 Å². The first-order valence-corrected chi connectivity index (χ1v) is 11.7. The van der Waals surface area contributed by atoms with Crippen molar-refractivity contribution in [1.82, 2.24) is 30.2 Å². The molecule has 0 aliphatic carbocycles. The van der Waals surface area contributed by atoms with Gasteiger partial charge in [-0.2, -0.15) is 4.68 Å². The number of aromatic nitrogens is 6. The Hall–Kier alpha value is -3.21. The Kier molecular flexibility index (Phi) is 5.64. The number of H-pyrrole nitrogens is 1. The molecule has 0 aliphatic rings. The molecule has 0 aliphatic heterocycles. The fourth-order valence-corrected chi connectivity index (χ4v) is 5.18. The average molecular weight is 483 g/mol. The quantitative estimate of drug-likeness (QED) is 0.353. The highest BCUT2D eigenvalue weighted by molar-refractivity contribution is 7.98. The Morgan fingerprint density at radius 2 is 1.97 bits per heavy atom. The van der Waals surface area contributed by atoms with Gasteiger partial charge in [-0.15, -0.1) is 16.4 Å². The molecule has 0 spiro atoms. The summed E-state index contributed by atoms with van der Waals surface area (Å²) < 4.78 is 6.82. The van der Waals surface area contributed by atoms with Crippen LogP contribution in [-0.4, -0.2) is 37.3 Å².